The molecule has 144 valence electrons. The summed E-state index contributed by atoms with van der Waals surface area (Å²) in [6.07, 6.45) is 8.07. The number of unbranched alkanes of at least 4 members (excludes halogenated alkanes) is 2. The molecule has 0 aliphatic carbocycles. The van der Waals surface area contributed by atoms with Crippen LogP contribution < -0.4 is 0 Å². The van der Waals surface area contributed by atoms with Gasteiger partial charge in [0.05, 0.1) is 12.0 Å². The van der Waals surface area contributed by atoms with Crippen molar-refractivity contribution < 1.29 is 4.74 Å². The normalized spacial score (nSPS) is 11.8. The summed E-state index contributed by atoms with van der Waals surface area (Å²) in [5.74, 6) is 0. The fourth-order valence-electron chi connectivity index (χ4n) is 3.72. The number of hydrogen-bond acceptors (Lipinski definition) is 1. The van der Waals surface area contributed by atoms with Crippen molar-refractivity contribution in [2.24, 2.45) is 0 Å². The number of allylic oxidation sites excluding steroid dienone is 1. The molecule has 0 bridgehead atoms. The van der Waals surface area contributed by atoms with Crippen LogP contribution in [0.2, 0.25) is 0 Å². The molecule has 0 aliphatic heterocycles. The summed E-state index contributed by atoms with van der Waals surface area (Å²) in [6.45, 7) is 3.68. The Kier molecular flexibility index (Phi) is 7.63. The maximum Gasteiger partial charge on any atom is 0.0647 e. The summed E-state index contributed by atoms with van der Waals surface area (Å²) in [5.41, 5.74) is 3.44. The second-order valence-corrected chi connectivity index (χ2v) is 7.09. The van der Waals surface area contributed by atoms with Gasteiger partial charge in [0.15, 0.2) is 0 Å². The van der Waals surface area contributed by atoms with Gasteiger partial charge in [0.25, 0.3) is 0 Å². The lowest BCUT2D eigenvalue weighted by Crippen LogP contribution is -2.27. The predicted octanol–water partition coefficient (Wildman–Crippen LogP) is 6.78. The summed E-state index contributed by atoms with van der Waals surface area (Å²) >= 11 is 0. The molecule has 3 aromatic rings. The largest absolute Gasteiger partial charge is 0.377 e. The maximum atomic E-state index is 5.85. The Balaban J connectivity index is 1.99. The van der Waals surface area contributed by atoms with E-state index in [1.54, 1.807) is 0 Å². The molecule has 3 rings (SSSR count). The van der Waals surface area contributed by atoms with Crippen LogP contribution in [0.25, 0.3) is 0 Å². The maximum absolute atomic E-state index is 5.85. The van der Waals surface area contributed by atoms with E-state index in [0.717, 1.165) is 13.0 Å². The third-order valence-corrected chi connectivity index (χ3v) is 5.16. The van der Waals surface area contributed by atoms with E-state index < -0.39 is 0 Å². The molecular formula is C27H30O. The van der Waals surface area contributed by atoms with Gasteiger partial charge in [-0.25, -0.2) is 0 Å². The summed E-state index contributed by atoms with van der Waals surface area (Å²) in [4.78, 5) is 0. The Morgan fingerprint density at radius 1 is 0.679 bits per heavy atom. The predicted molar refractivity (Wildman–Crippen MR) is 119 cm³/mol. The number of benzene rings is 3. The van der Waals surface area contributed by atoms with Crippen LogP contribution in [0.3, 0.4) is 0 Å². The van der Waals surface area contributed by atoms with Gasteiger partial charge in [-0.15, -0.1) is 0 Å². The molecule has 0 unspecified atom stereocenters. The Labute approximate surface area is 169 Å². The molecule has 0 atom stereocenters. The smallest absolute Gasteiger partial charge is 0.0647 e. The summed E-state index contributed by atoms with van der Waals surface area (Å²) in [6, 6.07) is 32.2. The van der Waals surface area contributed by atoms with Crippen LogP contribution in [0.1, 0.15) is 42.9 Å². The minimum atomic E-state index is -0.337. The van der Waals surface area contributed by atoms with Crippen molar-refractivity contribution >= 4 is 0 Å². The molecule has 0 fully saturated rings. The third kappa shape index (κ3) is 4.79. The summed E-state index contributed by atoms with van der Waals surface area (Å²) in [7, 11) is 0. The Hall–Kier alpha value is -2.64. The van der Waals surface area contributed by atoms with Gasteiger partial charge >= 0.3 is 0 Å². The molecule has 0 heterocycles. The molecule has 3 aromatic carbocycles. The van der Waals surface area contributed by atoms with Crippen LogP contribution in [0.15, 0.2) is 103 Å². The summed E-state index contributed by atoms with van der Waals surface area (Å²) in [5, 5.41) is 0. The van der Waals surface area contributed by atoms with Gasteiger partial charge in [0, 0.05) is 6.61 Å². The minimum Gasteiger partial charge on any atom is -0.377 e. The van der Waals surface area contributed by atoms with Crippen LogP contribution in [0.4, 0.5) is 0 Å². The average molecular weight is 371 g/mol. The van der Waals surface area contributed by atoms with Crippen molar-refractivity contribution in [2.75, 3.05) is 13.2 Å². The fraction of sp³-hybridized carbons (Fsp3) is 0.259. The van der Waals surface area contributed by atoms with Crippen molar-refractivity contribution in [3.05, 3.63) is 120 Å². The van der Waals surface area contributed by atoms with Gasteiger partial charge < -0.3 is 4.74 Å². The van der Waals surface area contributed by atoms with E-state index in [-0.39, 0.29) is 5.41 Å². The molecule has 28 heavy (non-hydrogen) atoms. The molecule has 0 spiro atoms. The first kappa shape index (κ1) is 20.1. The van der Waals surface area contributed by atoms with Gasteiger partial charge in [-0.3, -0.25) is 0 Å². The topological polar surface area (TPSA) is 9.23 Å². The molecule has 0 aromatic heterocycles. The van der Waals surface area contributed by atoms with Crippen molar-refractivity contribution in [3.63, 3.8) is 0 Å². The van der Waals surface area contributed by atoms with Crippen LogP contribution in [-0.2, 0) is 10.2 Å². The summed E-state index contributed by atoms with van der Waals surface area (Å²) < 4.78 is 5.85. The fourth-order valence-corrected chi connectivity index (χ4v) is 3.72. The first-order valence-electron chi connectivity index (χ1n) is 10.3. The highest BCUT2D eigenvalue weighted by Gasteiger charge is 2.33. The minimum absolute atomic E-state index is 0.337. The second kappa shape index (κ2) is 10.6. The molecule has 0 radical (unpaired) electrons. The van der Waals surface area contributed by atoms with E-state index in [4.69, 9.17) is 4.74 Å². The zero-order chi connectivity index (χ0) is 19.5. The molecular weight excluding hydrogens is 340 g/mol. The van der Waals surface area contributed by atoms with Gasteiger partial charge in [0.2, 0.25) is 0 Å². The molecule has 0 N–H and O–H groups in total. The lowest BCUT2D eigenvalue weighted by molar-refractivity contribution is 0.157. The quantitative estimate of drug-likeness (QED) is 0.217. The van der Waals surface area contributed by atoms with Crippen molar-refractivity contribution in [1.82, 2.24) is 0 Å². The first-order chi connectivity index (χ1) is 13.9. The highest BCUT2D eigenvalue weighted by molar-refractivity contribution is 5.54. The van der Waals surface area contributed by atoms with Crippen LogP contribution in [-0.4, -0.2) is 13.2 Å². The van der Waals surface area contributed by atoms with Crippen LogP contribution in [0.5, 0.6) is 0 Å². The Morgan fingerprint density at radius 2 is 1.14 bits per heavy atom. The highest BCUT2D eigenvalue weighted by Crippen LogP contribution is 2.40. The zero-order valence-electron chi connectivity index (χ0n) is 16.8. The van der Waals surface area contributed by atoms with E-state index in [9.17, 15) is 0 Å². The van der Waals surface area contributed by atoms with Gasteiger partial charge in [-0.05, 0) is 23.1 Å². The number of rotatable bonds is 10. The van der Waals surface area contributed by atoms with E-state index in [2.05, 4.69) is 110 Å². The monoisotopic (exact) mass is 370 g/mol. The van der Waals surface area contributed by atoms with E-state index >= 15 is 0 Å². The van der Waals surface area contributed by atoms with E-state index in [0.29, 0.717) is 6.61 Å². The molecule has 0 saturated carbocycles. The second-order valence-electron chi connectivity index (χ2n) is 7.09. The zero-order valence-corrected chi connectivity index (χ0v) is 16.8. The van der Waals surface area contributed by atoms with Crippen molar-refractivity contribution in [3.8, 4) is 0 Å². The average Bonchev–Trinajstić information content (AvgIpc) is 2.78. The molecule has 0 amide bonds. The Morgan fingerprint density at radius 3 is 1.57 bits per heavy atom. The highest BCUT2D eigenvalue weighted by atomic mass is 16.5. The number of ether oxygens (including phenoxy) is 1. The molecule has 1 heteroatoms. The lowest BCUT2D eigenvalue weighted by Gasteiger charge is -2.33. The van der Waals surface area contributed by atoms with Gasteiger partial charge in [-0.1, -0.05) is 123 Å². The van der Waals surface area contributed by atoms with Gasteiger partial charge in [0.1, 0.15) is 0 Å². The van der Waals surface area contributed by atoms with Crippen molar-refractivity contribution in [1.29, 1.82) is 0 Å². The molecule has 0 aliphatic rings. The lowest BCUT2D eigenvalue weighted by atomic mass is 9.69. The van der Waals surface area contributed by atoms with Crippen LogP contribution in [0, 0.1) is 0 Å². The van der Waals surface area contributed by atoms with Crippen LogP contribution >= 0.6 is 0 Å². The third-order valence-electron chi connectivity index (χ3n) is 5.16. The standard InChI is InChI=1S/C27H30O/c1-2-3-13-22-28-23-14-21-27(24-15-7-4-8-16-24,25-17-9-5-10-18-25)26-19-11-6-12-20-26/h4-12,14-21H,2-3,13,22-23H2,1H3. The Bertz CT molecular complexity index is 725. The SMILES string of the molecule is CCCCCOCC=CC(c1ccccc1)(c1ccccc1)c1ccccc1. The van der Waals surface area contributed by atoms with Crippen molar-refractivity contribution in [2.45, 2.75) is 31.6 Å². The first-order valence-corrected chi connectivity index (χ1v) is 10.3. The molecule has 0 saturated heterocycles. The van der Waals surface area contributed by atoms with E-state index in [1.165, 1.54) is 29.5 Å². The van der Waals surface area contributed by atoms with Gasteiger partial charge in [-0.2, -0.15) is 0 Å². The number of hydrogen-bond donors (Lipinski definition) is 0. The van der Waals surface area contributed by atoms with E-state index in [1.807, 2.05) is 0 Å². The molecule has 1 nitrogen and oxygen atoms in total.